The van der Waals surface area contributed by atoms with Gasteiger partial charge in [0, 0.05) is 23.1 Å². The van der Waals surface area contributed by atoms with Crippen molar-refractivity contribution in [2.45, 2.75) is 27.4 Å². The number of methoxy groups -OCH3 is 1. The lowest BCUT2D eigenvalue weighted by Gasteiger charge is -2.10. The van der Waals surface area contributed by atoms with Crippen molar-refractivity contribution in [2.75, 3.05) is 7.11 Å². The summed E-state index contributed by atoms with van der Waals surface area (Å²) in [7, 11) is 1.63. The number of hydrogen-bond acceptors (Lipinski definition) is 5. The Morgan fingerprint density at radius 3 is 2.48 bits per heavy atom. The first-order valence-electron chi connectivity index (χ1n) is 7.92. The fraction of sp³-hybridized carbons (Fsp3) is 0.263. The first-order chi connectivity index (χ1) is 12.0. The molecule has 0 radical (unpaired) electrons. The molecule has 3 rings (SSSR count). The molecule has 0 aliphatic rings. The molecule has 0 atom stereocenters. The van der Waals surface area contributed by atoms with E-state index >= 15 is 0 Å². The van der Waals surface area contributed by atoms with Gasteiger partial charge in [-0.2, -0.15) is 0 Å². The van der Waals surface area contributed by atoms with E-state index in [4.69, 9.17) is 14.0 Å². The number of benzene rings is 1. The van der Waals surface area contributed by atoms with Crippen LogP contribution in [0.5, 0.6) is 5.75 Å². The van der Waals surface area contributed by atoms with Gasteiger partial charge in [0.15, 0.2) is 0 Å². The van der Waals surface area contributed by atoms with E-state index < -0.39 is 0 Å². The molecule has 6 nitrogen and oxygen atoms in total. The number of carbonyl (C=O) groups is 1. The average molecular weight is 340 g/mol. The Bertz CT molecular complexity index is 891. The molecular formula is C19H20N2O4. The van der Waals surface area contributed by atoms with Gasteiger partial charge < -0.3 is 18.6 Å². The highest BCUT2D eigenvalue weighted by Crippen LogP contribution is 2.23. The summed E-state index contributed by atoms with van der Waals surface area (Å²) in [5.74, 6) is 1.09. The third-order valence-corrected chi connectivity index (χ3v) is 4.01. The summed E-state index contributed by atoms with van der Waals surface area (Å²) >= 11 is 0. The van der Waals surface area contributed by atoms with Crippen LogP contribution in [0.2, 0.25) is 0 Å². The van der Waals surface area contributed by atoms with Crippen LogP contribution in [0.3, 0.4) is 0 Å². The summed E-state index contributed by atoms with van der Waals surface area (Å²) in [6.45, 7) is 5.73. The number of carbonyl (C=O) groups excluding carboxylic acids is 1. The molecule has 0 spiro atoms. The Labute approximate surface area is 146 Å². The van der Waals surface area contributed by atoms with Gasteiger partial charge in [0.25, 0.3) is 0 Å². The zero-order chi connectivity index (χ0) is 18.0. The summed E-state index contributed by atoms with van der Waals surface area (Å²) in [6.07, 6.45) is 0. The SMILES string of the molecule is COc1ccc(-n2c(C)cc(C(=O)OCc3cc(C)on3)c2C)cc1. The van der Waals surface area contributed by atoms with E-state index in [1.54, 1.807) is 20.1 Å². The van der Waals surface area contributed by atoms with E-state index in [0.29, 0.717) is 17.0 Å². The smallest absolute Gasteiger partial charge is 0.340 e. The molecule has 0 saturated heterocycles. The molecular weight excluding hydrogens is 320 g/mol. The molecule has 1 aromatic carbocycles. The molecule has 0 fully saturated rings. The van der Waals surface area contributed by atoms with Gasteiger partial charge in [-0.05, 0) is 51.1 Å². The number of ether oxygens (including phenoxy) is 2. The Balaban J connectivity index is 1.81. The average Bonchev–Trinajstić information content (AvgIpc) is 3.16. The maximum absolute atomic E-state index is 12.4. The second-order valence-corrected chi connectivity index (χ2v) is 5.82. The molecule has 0 bridgehead atoms. The third-order valence-electron chi connectivity index (χ3n) is 4.01. The van der Waals surface area contributed by atoms with E-state index in [2.05, 4.69) is 5.16 Å². The molecule has 0 unspecified atom stereocenters. The monoisotopic (exact) mass is 340 g/mol. The van der Waals surface area contributed by atoms with Crippen LogP contribution in [0.15, 0.2) is 40.9 Å². The zero-order valence-corrected chi connectivity index (χ0v) is 14.7. The first kappa shape index (κ1) is 16.8. The minimum absolute atomic E-state index is 0.0857. The molecule has 0 N–H and O–H groups in total. The largest absolute Gasteiger partial charge is 0.497 e. The van der Waals surface area contributed by atoms with Crippen molar-refractivity contribution in [3.05, 3.63) is 64.8 Å². The van der Waals surface area contributed by atoms with Gasteiger partial charge in [0.05, 0.1) is 12.7 Å². The summed E-state index contributed by atoms with van der Waals surface area (Å²) in [5, 5.41) is 3.82. The molecule has 0 aliphatic carbocycles. The quantitative estimate of drug-likeness (QED) is 0.662. The van der Waals surface area contributed by atoms with Crippen molar-refractivity contribution in [3.63, 3.8) is 0 Å². The third kappa shape index (κ3) is 3.42. The minimum atomic E-state index is -0.381. The molecule has 0 aliphatic heterocycles. The van der Waals surface area contributed by atoms with Crippen LogP contribution < -0.4 is 4.74 Å². The number of rotatable bonds is 5. The highest BCUT2D eigenvalue weighted by Gasteiger charge is 2.18. The highest BCUT2D eigenvalue weighted by molar-refractivity contribution is 5.91. The second-order valence-electron chi connectivity index (χ2n) is 5.82. The van der Waals surface area contributed by atoms with Crippen molar-refractivity contribution in [3.8, 4) is 11.4 Å². The van der Waals surface area contributed by atoms with Crippen molar-refractivity contribution < 1.29 is 18.8 Å². The number of aryl methyl sites for hydroxylation is 2. The van der Waals surface area contributed by atoms with E-state index in [1.807, 2.05) is 48.7 Å². The van der Waals surface area contributed by atoms with E-state index in [0.717, 1.165) is 22.8 Å². The topological polar surface area (TPSA) is 66.5 Å². The number of nitrogens with zero attached hydrogens (tertiary/aromatic N) is 2. The van der Waals surface area contributed by atoms with Gasteiger partial charge in [0.1, 0.15) is 23.8 Å². The Morgan fingerprint density at radius 1 is 1.16 bits per heavy atom. The van der Waals surface area contributed by atoms with Crippen molar-refractivity contribution in [1.82, 2.24) is 9.72 Å². The molecule has 2 heterocycles. The van der Waals surface area contributed by atoms with Gasteiger partial charge in [-0.15, -0.1) is 0 Å². The van der Waals surface area contributed by atoms with Crippen LogP contribution in [-0.4, -0.2) is 22.8 Å². The fourth-order valence-corrected chi connectivity index (χ4v) is 2.80. The Kier molecular flexibility index (Phi) is 4.61. The molecule has 2 aromatic heterocycles. The first-order valence-corrected chi connectivity index (χ1v) is 7.92. The molecule has 0 amide bonds. The molecule has 0 saturated carbocycles. The standard InChI is InChI=1S/C19H20N2O4/c1-12-9-18(19(22)24-11-15-10-13(2)25-20-15)14(3)21(12)16-5-7-17(23-4)8-6-16/h5-10H,11H2,1-4H3. The summed E-state index contributed by atoms with van der Waals surface area (Å²) < 4.78 is 17.5. The van der Waals surface area contributed by atoms with Crippen molar-refractivity contribution in [1.29, 1.82) is 0 Å². The van der Waals surface area contributed by atoms with Gasteiger partial charge >= 0.3 is 5.97 Å². The van der Waals surface area contributed by atoms with Crippen LogP contribution in [0.25, 0.3) is 5.69 Å². The molecule has 130 valence electrons. The van der Waals surface area contributed by atoms with Gasteiger partial charge in [0.2, 0.25) is 0 Å². The summed E-state index contributed by atoms with van der Waals surface area (Å²) in [6, 6.07) is 11.3. The fourth-order valence-electron chi connectivity index (χ4n) is 2.80. The van der Waals surface area contributed by atoms with Gasteiger partial charge in [-0.1, -0.05) is 5.16 Å². The van der Waals surface area contributed by atoms with Crippen molar-refractivity contribution >= 4 is 5.97 Å². The van der Waals surface area contributed by atoms with Crippen LogP contribution in [-0.2, 0) is 11.3 Å². The zero-order valence-electron chi connectivity index (χ0n) is 14.7. The van der Waals surface area contributed by atoms with Gasteiger partial charge in [-0.3, -0.25) is 0 Å². The maximum atomic E-state index is 12.4. The predicted octanol–water partition coefficient (Wildman–Crippen LogP) is 3.76. The number of aromatic nitrogens is 2. The number of hydrogen-bond donors (Lipinski definition) is 0. The summed E-state index contributed by atoms with van der Waals surface area (Å²) in [4.78, 5) is 12.4. The molecule has 6 heteroatoms. The predicted molar refractivity (Wildman–Crippen MR) is 92.2 cm³/mol. The van der Waals surface area contributed by atoms with E-state index in [-0.39, 0.29) is 12.6 Å². The highest BCUT2D eigenvalue weighted by atomic mass is 16.5. The number of esters is 1. The lowest BCUT2D eigenvalue weighted by Crippen LogP contribution is -2.07. The van der Waals surface area contributed by atoms with E-state index in [9.17, 15) is 4.79 Å². The lowest BCUT2D eigenvalue weighted by atomic mass is 10.2. The van der Waals surface area contributed by atoms with Crippen LogP contribution in [0.1, 0.15) is 33.2 Å². The maximum Gasteiger partial charge on any atom is 0.340 e. The lowest BCUT2D eigenvalue weighted by molar-refractivity contribution is 0.0463. The molecule has 25 heavy (non-hydrogen) atoms. The Hall–Kier alpha value is -3.02. The van der Waals surface area contributed by atoms with Crippen molar-refractivity contribution in [2.24, 2.45) is 0 Å². The van der Waals surface area contributed by atoms with Crippen LogP contribution in [0.4, 0.5) is 0 Å². The second kappa shape index (κ2) is 6.84. The van der Waals surface area contributed by atoms with Gasteiger partial charge in [-0.25, -0.2) is 4.79 Å². The minimum Gasteiger partial charge on any atom is -0.497 e. The normalized spacial score (nSPS) is 10.7. The Morgan fingerprint density at radius 2 is 1.88 bits per heavy atom. The van der Waals surface area contributed by atoms with E-state index in [1.165, 1.54) is 0 Å². The van der Waals surface area contributed by atoms with Crippen LogP contribution >= 0.6 is 0 Å². The van der Waals surface area contributed by atoms with Crippen LogP contribution in [0, 0.1) is 20.8 Å². The summed E-state index contributed by atoms with van der Waals surface area (Å²) in [5.41, 5.74) is 3.86. The molecule has 3 aromatic rings.